The smallest absolute Gasteiger partial charge is 0.251 e. The van der Waals surface area contributed by atoms with E-state index in [1.165, 1.54) is 0 Å². The first-order valence-corrected chi connectivity index (χ1v) is 11.3. The fourth-order valence-corrected chi connectivity index (χ4v) is 3.67. The summed E-state index contributed by atoms with van der Waals surface area (Å²) in [7, 11) is 3.23. The van der Waals surface area contributed by atoms with Crippen LogP contribution in [-0.2, 0) is 6.42 Å². The van der Waals surface area contributed by atoms with Crippen LogP contribution in [0, 0.1) is 0 Å². The van der Waals surface area contributed by atoms with Gasteiger partial charge >= 0.3 is 0 Å². The van der Waals surface area contributed by atoms with Crippen LogP contribution in [0.3, 0.4) is 0 Å². The van der Waals surface area contributed by atoms with Crippen LogP contribution < -0.4 is 19.5 Å². The van der Waals surface area contributed by atoms with Crippen LogP contribution in [-0.4, -0.2) is 31.7 Å². The van der Waals surface area contributed by atoms with E-state index in [9.17, 15) is 4.79 Å². The van der Waals surface area contributed by atoms with Gasteiger partial charge in [-0.15, -0.1) is 0 Å². The van der Waals surface area contributed by atoms with Gasteiger partial charge in [0.2, 0.25) is 5.88 Å². The van der Waals surface area contributed by atoms with Crippen LogP contribution >= 0.6 is 0 Å². The van der Waals surface area contributed by atoms with Crippen LogP contribution in [0.2, 0.25) is 0 Å². The van der Waals surface area contributed by atoms with Crippen molar-refractivity contribution in [1.29, 1.82) is 0 Å². The van der Waals surface area contributed by atoms with Crippen molar-refractivity contribution >= 4 is 5.91 Å². The Labute approximate surface area is 204 Å². The lowest BCUT2D eigenvalue weighted by Gasteiger charge is -2.12. The number of ether oxygens (including phenoxy) is 3. The zero-order valence-corrected chi connectivity index (χ0v) is 20.0. The lowest BCUT2D eigenvalue weighted by Crippen LogP contribution is -2.26. The van der Waals surface area contributed by atoms with Gasteiger partial charge in [0.1, 0.15) is 5.76 Å². The standard InChI is InChI=1S/C28H28N2O5/c1-19(24-10-6-15-34-24)29-28(31)22-8-4-7-21(18-22)23-9-5-11-27(30-23)35-16-14-20-12-13-25(32-2)26(17-20)33-3/h4-13,15,17-19H,14,16H2,1-3H3,(H,29,31). The Hall–Kier alpha value is -4.26. The Morgan fingerprint density at radius 2 is 1.80 bits per heavy atom. The maximum absolute atomic E-state index is 12.7. The largest absolute Gasteiger partial charge is 0.493 e. The lowest BCUT2D eigenvalue weighted by molar-refractivity contribution is 0.0935. The number of pyridine rings is 1. The highest BCUT2D eigenvalue weighted by molar-refractivity contribution is 5.95. The number of amides is 1. The molecule has 4 aromatic rings. The maximum atomic E-state index is 12.7. The summed E-state index contributed by atoms with van der Waals surface area (Å²) in [5, 5.41) is 2.95. The molecule has 2 aromatic heterocycles. The number of carbonyl (C=O) groups excluding carboxylic acids is 1. The monoisotopic (exact) mass is 472 g/mol. The number of nitrogens with one attached hydrogen (secondary N) is 1. The number of furan rings is 1. The molecule has 2 heterocycles. The van der Waals surface area contributed by atoms with E-state index in [2.05, 4.69) is 10.3 Å². The minimum absolute atomic E-state index is 0.182. The number of carbonyl (C=O) groups is 1. The van der Waals surface area contributed by atoms with E-state index >= 15 is 0 Å². The summed E-state index contributed by atoms with van der Waals surface area (Å²) < 4.78 is 21.9. The van der Waals surface area contributed by atoms with Gasteiger partial charge in [0.05, 0.1) is 38.8 Å². The van der Waals surface area contributed by atoms with E-state index in [0.717, 1.165) is 16.8 Å². The predicted molar refractivity (Wildman–Crippen MR) is 133 cm³/mol. The fraction of sp³-hybridized carbons (Fsp3) is 0.214. The Bertz CT molecular complexity index is 1270. The van der Waals surface area contributed by atoms with Crippen molar-refractivity contribution in [2.75, 3.05) is 20.8 Å². The van der Waals surface area contributed by atoms with Crippen LogP contribution in [0.4, 0.5) is 0 Å². The molecule has 1 amide bonds. The molecule has 35 heavy (non-hydrogen) atoms. The highest BCUT2D eigenvalue weighted by Gasteiger charge is 2.14. The second kappa shape index (κ2) is 11.2. The molecular weight excluding hydrogens is 444 g/mol. The topological polar surface area (TPSA) is 82.8 Å². The summed E-state index contributed by atoms with van der Waals surface area (Å²) in [6.45, 7) is 2.34. The van der Waals surface area contributed by atoms with Crippen LogP contribution in [0.15, 0.2) is 83.5 Å². The summed E-state index contributed by atoms with van der Waals surface area (Å²) >= 11 is 0. The van der Waals surface area contributed by atoms with Gasteiger partial charge in [0.15, 0.2) is 11.5 Å². The zero-order valence-electron chi connectivity index (χ0n) is 20.0. The van der Waals surface area contributed by atoms with Crippen molar-refractivity contribution in [3.8, 4) is 28.6 Å². The Balaban J connectivity index is 1.40. The highest BCUT2D eigenvalue weighted by atomic mass is 16.5. The third kappa shape index (κ3) is 6.00. The number of benzene rings is 2. The van der Waals surface area contributed by atoms with Crippen molar-refractivity contribution in [3.05, 3.63) is 95.9 Å². The van der Waals surface area contributed by atoms with Crippen LogP contribution in [0.1, 0.15) is 34.6 Å². The number of aromatic nitrogens is 1. The quantitative estimate of drug-likeness (QED) is 0.330. The van der Waals surface area contributed by atoms with Crippen LogP contribution in [0.5, 0.6) is 17.4 Å². The van der Waals surface area contributed by atoms with Gasteiger partial charge < -0.3 is 23.9 Å². The lowest BCUT2D eigenvalue weighted by atomic mass is 10.1. The first-order valence-electron chi connectivity index (χ1n) is 11.3. The summed E-state index contributed by atoms with van der Waals surface area (Å²) in [4.78, 5) is 17.4. The molecule has 1 N–H and O–H groups in total. The Kier molecular flexibility index (Phi) is 7.67. The first-order chi connectivity index (χ1) is 17.1. The average molecular weight is 473 g/mol. The third-order valence-corrected chi connectivity index (χ3v) is 5.55. The third-order valence-electron chi connectivity index (χ3n) is 5.55. The summed E-state index contributed by atoms with van der Waals surface area (Å²) in [6.07, 6.45) is 2.28. The van der Waals surface area contributed by atoms with E-state index in [1.807, 2.05) is 67.6 Å². The van der Waals surface area contributed by atoms with Crippen molar-refractivity contribution in [2.24, 2.45) is 0 Å². The molecule has 0 fully saturated rings. The van der Waals surface area contributed by atoms with Crippen molar-refractivity contribution < 1.29 is 23.4 Å². The number of hydrogen-bond acceptors (Lipinski definition) is 6. The average Bonchev–Trinajstić information content (AvgIpc) is 3.44. The highest BCUT2D eigenvalue weighted by Crippen LogP contribution is 2.28. The Morgan fingerprint density at radius 1 is 0.971 bits per heavy atom. The molecule has 1 atom stereocenters. The number of methoxy groups -OCH3 is 2. The van der Waals surface area contributed by atoms with Gasteiger partial charge in [-0.1, -0.05) is 24.3 Å². The molecule has 0 bridgehead atoms. The molecule has 180 valence electrons. The minimum Gasteiger partial charge on any atom is -0.493 e. The molecule has 0 saturated carbocycles. The second-order valence-electron chi connectivity index (χ2n) is 7.94. The molecule has 2 aromatic carbocycles. The van der Waals surface area contributed by atoms with E-state index in [-0.39, 0.29) is 11.9 Å². The van der Waals surface area contributed by atoms with E-state index in [1.54, 1.807) is 32.6 Å². The first kappa shape index (κ1) is 23.9. The molecule has 0 saturated heterocycles. The molecule has 0 spiro atoms. The van der Waals surface area contributed by atoms with Gasteiger partial charge in [0, 0.05) is 23.6 Å². The van der Waals surface area contributed by atoms with Crippen LogP contribution in [0.25, 0.3) is 11.3 Å². The van der Waals surface area contributed by atoms with Crippen molar-refractivity contribution in [1.82, 2.24) is 10.3 Å². The zero-order chi connectivity index (χ0) is 24.6. The Morgan fingerprint density at radius 3 is 2.57 bits per heavy atom. The molecule has 0 aliphatic heterocycles. The van der Waals surface area contributed by atoms with Gasteiger partial charge in [-0.05, 0) is 55.0 Å². The molecule has 0 aliphatic rings. The summed E-state index contributed by atoms with van der Waals surface area (Å²) in [5.74, 6) is 2.42. The molecule has 0 radical (unpaired) electrons. The fourth-order valence-electron chi connectivity index (χ4n) is 3.67. The number of hydrogen-bond donors (Lipinski definition) is 1. The normalized spacial score (nSPS) is 11.5. The van der Waals surface area contributed by atoms with Crippen molar-refractivity contribution in [3.63, 3.8) is 0 Å². The summed E-state index contributed by atoms with van der Waals surface area (Å²) in [5.41, 5.74) is 3.17. The van der Waals surface area contributed by atoms with Gasteiger partial charge in [0.25, 0.3) is 5.91 Å². The van der Waals surface area contributed by atoms with Gasteiger partial charge in [-0.3, -0.25) is 4.79 Å². The molecular formula is C28H28N2O5. The SMILES string of the molecule is COc1ccc(CCOc2cccc(-c3cccc(C(=O)NC(C)c4ccco4)c3)n2)cc1OC. The van der Waals surface area contributed by atoms with E-state index in [4.69, 9.17) is 18.6 Å². The second-order valence-corrected chi connectivity index (χ2v) is 7.94. The van der Waals surface area contributed by atoms with E-state index in [0.29, 0.717) is 41.7 Å². The van der Waals surface area contributed by atoms with Gasteiger partial charge in [-0.25, -0.2) is 4.98 Å². The molecule has 1 unspecified atom stereocenters. The van der Waals surface area contributed by atoms with Crippen molar-refractivity contribution in [2.45, 2.75) is 19.4 Å². The predicted octanol–water partition coefficient (Wildman–Crippen LogP) is 5.47. The number of nitrogens with zero attached hydrogens (tertiary/aromatic N) is 1. The molecule has 7 nitrogen and oxygen atoms in total. The van der Waals surface area contributed by atoms with Gasteiger partial charge in [-0.2, -0.15) is 0 Å². The molecule has 4 rings (SSSR count). The molecule has 0 aliphatic carbocycles. The van der Waals surface area contributed by atoms with E-state index < -0.39 is 0 Å². The number of rotatable bonds is 10. The minimum atomic E-state index is -0.235. The molecule has 7 heteroatoms. The maximum Gasteiger partial charge on any atom is 0.251 e. The summed E-state index contributed by atoms with van der Waals surface area (Å²) in [6, 6.07) is 22.2.